The van der Waals surface area contributed by atoms with Gasteiger partial charge in [0.25, 0.3) is 18.8 Å². The first-order chi connectivity index (χ1) is 14.8. The first-order valence-corrected chi connectivity index (χ1v) is 9.10. The summed E-state index contributed by atoms with van der Waals surface area (Å²) in [4.78, 5) is 20.0. The highest BCUT2D eigenvalue weighted by atomic mass is 35.5. The molecule has 31 heavy (non-hydrogen) atoms. The van der Waals surface area contributed by atoms with Gasteiger partial charge in [0, 0.05) is 11.1 Å². The Morgan fingerprint density at radius 2 is 1.87 bits per heavy atom. The second-order valence-corrected chi connectivity index (χ2v) is 6.73. The van der Waals surface area contributed by atoms with Gasteiger partial charge in [0.2, 0.25) is 5.95 Å². The van der Waals surface area contributed by atoms with Crippen LogP contribution in [0.2, 0.25) is 5.02 Å². The monoisotopic (exact) mass is 453 g/mol. The molecule has 160 valence electrons. The van der Waals surface area contributed by atoms with Crippen LogP contribution in [0.5, 0.6) is 0 Å². The summed E-state index contributed by atoms with van der Waals surface area (Å²) in [5.74, 6) is -0.885. The molecular weight excluding hydrogens is 442 g/mol. The third-order valence-corrected chi connectivity index (χ3v) is 4.58. The van der Waals surface area contributed by atoms with Crippen LogP contribution in [0.25, 0.3) is 5.65 Å². The van der Waals surface area contributed by atoms with Gasteiger partial charge in [-0.1, -0.05) is 29.8 Å². The molecule has 0 aliphatic rings. The highest BCUT2D eigenvalue weighted by molar-refractivity contribution is 6.31. The maximum atomic E-state index is 13.2. The van der Waals surface area contributed by atoms with Crippen molar-refractivity contribution in [1.82, 2.24) is 29.4 Å². The lowest BCUT2D eigenvalue weighted by molar-refractivity contribution is 0.101. The van der Waals surface area contributed by atoms with E-state index < -0.39 is 30.1 Å². The number of carbonyl (C=O) groups is 1. The van der Waals surface area contributed by atoms with Gasteiger partial charge >= 0.3 is 0 Å². The maximum Gasteiger partial charge on any atom is 0.280 e. The van der Waals surface area contributed by atoms with Crippen LogP contribution >= 0.6 is 11.6 Å². The fourth-order valence-corrected chi connectivity index (χ4v) is 2.99. The lowest BCUT2D eigenvalue weighted by Gasteiger charge is -2.06. The first-order valence-electron chi connectivity index (χ1n) is 8.73. The molecule has 0 saturated heterocycles. The van der Waals surface area contributed by atoms with Crippen molar-refractivity contribution in [3.63, 3.8) is 0 Å². The van der Waals surface area contributed by atoms with Crippen LogP contribution in [0.3, 0.4) is 0 Å². The number of nitrogens with one attached hydrogen (secondary N) is 1. The molecule has 0 bridgehead atoms. The summed E-state index contributed by atoms with van der Waals surface area (Å²) in [5, 5.41) is 10.8. The van der Waals surface area contributed by atoms with Gasteiger partial charge in [0.1, 0.15) is 17.7 Å². The molecule has 4 aromatic rings. The highest BCUT2D eigenvalue weighted by Crippen LogP contribution is 2.25. The van der Waals surface area contributed by atoms with E-state index in [2.05, 4.69) is 25.5 Å². The molecule has 0 atom stereocenters. The topological polar surface area (TPSA) is 90.0 Å². The number of fused-ring (bicyclic) bond motifs is 1. The SMILES string of the molecule is O=C(Nc1ncn(Cc2ccccc2Cl)n1)c1cc2nc(C(F)F)cc(C(F)F)n2n1. The Balaban J connectivity index is 1.56. The molecule has 0 radical (unpaired) electrons. The van der Waals surface area contributed by atoms with E-state index >= 15 is 0 Å². The van der Waals surface area contributed by atoms with Crippen LogP contribution < -0.4 is 5.32 Å². The van der Waals surface area contributed by atoms with E-state index in [4.69, 9.17) is 11.6 Å². The summed E-state index contributed by atoms with van der Waals surface area (Å²) >= 11 is 6.10. The van der Waals surface area contributed by atoms with Crippen molar-refractivity contribution < 1.29 is 22.4 Å². The number of aromatic nitrogens is 6. The second kappa shape index (κ2) is 8.30. The number of halogens is 5. The molecule has 0 spiro atoms. The van der Waals surface area contributed by atoms with Crippen molar-refractivity contribution in [1.29, 1.82) is 0 Å². The fourth-order valence-electron chi connectivity index (χ4n) is 2.79. The van der Waals surface area contributed by atoms with Gasteiger partial charge in [-0.3, -0.25) is 10.1 Å². The highest BCUT2D eigenvalue weighted by Gasteiger charge is 2.22. The average Bonchev–Trinajstić information content (AvgIpc) is 3.35. The average molecular weight is 454 g/mol. The van der Waals surface area contributed by atoms with Gasteiger partial charge in [-0.25, -0.2) is 36.7 Å². The summed E-state index contributed by atoms with van der Waals surface area (Å²) in [6.45, 7) is 0.301. The van der Waals surface area contributed by atoms with Crippen molar-refractivity contribution in [3.05, 3.63) is 70.4 Å². The Kier molecular flexibility index (Phi) is 5.55. The van der Waals surface area contributed by atoms with Crippen LogP contribution in [0.1, 0.15) is 40.3 Å². The molecule has 8 nitrogen and oxygen atoms in total. The molecule has 0 saturated carbocycles. The van der Waals surface area contributed by atoms with Crippen molar-refractivity contribution in [2.75, 3.05) is 5.32 Å². The molecule has 4 rings (SSSR count). The first kappa shape index (κ1) is 20.7. The molecule has 1 aromatic carbocycles. The van der Waals surface area contributed by atoms with Gasteiger partial charge < -0.3 is 0 Å². The number of nitrogens with zero attached hydrogens (tertiary/aromatic N) is 6. The molecule has 3 heterocycles. The van der Waals surface area contributed by atoms with Gasteiger partial charge in [0.15, 0.2) is 11.3 Å². The molecule has 1 N–H and O–H groups in total. The van der Waals surface area contributed by atoms with E-state index in [-0.39, 0.29) is 17.3 Å². The summed E-state index contributed by atoms with van der Waals surface area (Å²) in [5.41, 5.74) is -1.48. The summed E-state index contributed by atoms with van der Waals surface area (Å²) in [7, 11) is 0. The van der Waals surface area contributed by atoms with Crippen molar-refractivity contribution >= 4 is 29.1 Å². The zero-order valence-electron chi connectivity index (χ0n) is 15.4. The summed E-state index contributed by atoms with van der Waals surface area (Å²) in [6.07, 6.45) is -4.78. The Hall–Kier alpha value is -3.54. The Labute approximate surface area is 176 Å². The predicted octanol–water partition coefficient (Wildman–Crippen LogP) is 4.15. The molecule has 0 aliphatic heterocycles. The Bertz CT molecular complexity index is 1260. The minimum Gasteiger partial charge on any atom is -0.288 e. The van der Waals surface area contributed by atoms with E-state index in [1.54, 1.807) is 18.2 Å². The van der Waals surface area contributed by atoms with Crippen LogP contribution in [-0.4, -0.2) is 35.3 Å². The van der Waals surface area contributed by atoms with E-state index in [0.29, 0.717) is 22.1 Å². The number of hydrogen-bond acceptors (Lipinski definition) is 5. The number of rotatable bonds is 6. The zero-order valence-corrected chi connectivity index (χ0v) is 16.1. The lowest BCUT2D eigenvalue weighted by Crippen LogP contribution is -2.14. The van der Waals surface area contributed by atoms with E-state index in [0.717, 1.165) is 11.6 Å². The molecule has 0 fully saturated rings. The summed E-state index contributed by atoms with van der Waals surface area (Å²) < 4.78 is 54.4. The third-order valence-electron chi connectivity index (χ3n) is 4.21. The van der Waals surface area contributed by atoms with Gasteiger partial charge in [-0.2, -0.15) is 5.10 Å². The van der Waals surface area contributed by atoms with Crippen LogP contribution in [0.15, 0.2) is 42.7 Å². The number of hydrogen-bond donors (Lipinski definition) is 1. The Morgan fingerprint density at radius 3 is 2.58 bits per heavy atom. The molecule has 0 aliphatic carbocycles. The normalized spacial score (nSPS) is 11.6. The van der Waals surface area contributed by atoms with Crippen molar-refractivity contribution in [3.8, 4) is 0 Å². The molecule has 13 heteroatoms. The fraction of sp³-hybridized carbons (Fsp3) is 0.167. The smallest absolute Gasteiger partial charge is 0.280 e. The standard InChI is InChI=1S/C18H12ClF4N7O/c19-10-4-2-1-3-9(10)7-29-8-24-18(28-29)26-17(31)12-6-14-25-11(15(20)21)5-13(16(22)23)30(14)27-12/h1-6,8,15-16H,7H2,(H,26,28,31). The van der Waals surface area contributed by atoms with Crippen LogP contribution in [-0.2, 0) is 6.54 Å². The Morgan fingerprint density at radius 1 is 1.10 bits per heavy atom. The zero-order chi connectivity index (χ0) is 22.1. The molecular formula is C18H12ClF4N7O. The van der Waals surface area contributed by atoms with Crippen molar-refractivity contribution in [2.24, 2.45) is 0 Å². The number of anilines is 1. The quantitative estimate of drug-likeness (QED) is 0.443. The predicted molar refractivity (Wildman–Crippen MR) is 101 cm³/mol. The minimum absolute atomic E-state index is 0.0654. The number of amides is 1. The minimum atomic E-state index is -3.10. The molecule has 3 aromatic heterocycles. The third kappa shape index (κ3) is 4.33. The largest absolute Gasteiger partial charge is 0.288 e. The van der Waals surface area contributed by atoms with Crippen LogP contribution in [0, 0.1) is 0 Å². The second-order valence-electron chi connectivity index (χ2n) is 6.32. The van der Waals surface area contributed by atoms with E-state index in [1.807, 2.05) is 6.07 Å². The maximum absolute atomic E-state index is 13.2. The van der Waals surface area contributed by atoms with Crippen molar-refractivity contribution in [2.45, 2.75) is 19.4 Å². The van der Waals surface area contributed by atoms with E-state index in [1.165, 1.54) is 11.0 Å². The van der Waals surface area contributed by atoms with E-state index in [9.17, 15) is 22.4 Å². The van der Waals surface area contributed by atoms with Crippen LogP contribution in [0.4, 0.5) is 23.5 Å². The van der Waals surface area contributed by atoms with Gasteiger partial charge in [-0.15, -0.1) is 5.10 Å². The summed E-state index contributed by atoms with van der Waals surface area (Å²) in [6, 6.07) is 8.70. The molecule has 0 unspecified atom stereocenters. The number of benzene rings is 1. The van der Waals surface area contributed by atoms with Gasteiger partial charge in [0.05, 0.1) is 6.54 Å². The lowest BCUT2D eigenvalue weighted by atomic mass is 10.2. The number of alkyl halides is 4. The number of carbonyl (C=O) groups excluding carboxylic acids is 1. The molecule has 1 amide bonds. The van der Waals surface area contributed by atoms with Gasteiger partial charge in [-0.05, 0) is 17.7 Å².